The molecule has 0 atom stereocenters. The molecular weight excluding hydrogens is 256 g/mol. The van der Waals surface area contributed by atoms with Crippen LogP contribution in [0, 0.1) is 13.8 Å². The summed E-state index contributed by atoms with van der Waals surface area (Å²) in [5.74, 6) is -2.06. The van der Waals surface area contributed by atoms with Gasteiger partial charge in [0.1, 0.15) is 0 Å². The molecule has 0 aromatic carbocycles. The number of thiazole rings is 1. The van der Waals surface area contributed by atoms with E-state index in [0.717, 1.165) is 10.6 Å². The molecule has 0 aliphatic rings. The van der Waals surface area contributed by atoms with E-state index in [9.17, 15) is 9.59 Å². The molecule has 0 saturated carbocycles. The van der Waals surface area contributed by atoms with Crippen molar-refractivity contribution >= 4 is 28.3 Å². The van der Waals surface area contributed by atoms with Gasteiger partial charge in [-0.15, -0.1) is 11.3 Å². The Bertz CT molecular complexity index is 595. The fourth-order valence-electron chi connectivity index (χ4n) is 1.26. The van der Waals surface area contributed by atoms with Crippen LogP contribution in [-0.4, -0.2) is 22.0 Å². The van der Waals surface area contributed by atoms with Crippen LogP contribution in [0.2, 0.25) is 0 Å². The molecule has 18 heavy (non-hydrogen) atoms. The summed E-state index contributed by atoms with van der Waals surface area (Å²) in [5, 5.41) is 11.7. The van der Waals surface area contributed by atoms with Gasteiger partial charge in [-0.25, -0.2) is 9.78 Å². The number of aromatic carboxylic acids is 1. The van der Waals surface area contributed by atoms with Crippen LogP contribution in [0.25, 0.3) is 0 Å². The predicted molar refractivity (Wildman–Crippen MR) is 65.2 cm³/mol. The monoisotopic (exact) mass is 266 g/mol. The summed E-state index contributed by atoms with van der Waals surface area (Å²) in [6, 6.07) is 2.54. The predicted octanol–water partition coefficient (Wildman–Crippen LogP) is 2.30. The topological polar surface area (TPSA) is 92.4 Å². The number of carbonyl (C=O) groups is 2. The van der Waals surface area contributed by atoms with E-state index in [0.29, 0.717) is 5.13 Å². The van der Waals surface area contributed by atoms with Gasteiger partial charge in [0, 0.05) is 4.88 Å². The first-order valence-corrected chi connectivity index (χ1v) is 5.87. The van der Waals surface area contributed by atoms with Crippen LogP contribution in [0.3, 0.4) is 0 Å². The fourth-order valence-corrected chi connectivity index (χ4v) is 2.07. The molecule has 6 nitrogen and oxygen atoms in total. The number of carboxylic acids is 1. The Labute approximate surface area is 106 Å². The Morgan fingerprint density at radius 2 is 2.00 bits per heavy atom. The SMILES string of the molecule is Cc1nc(NC(=O)c2ccc(C(=O)O)o2)sc1C. The second kappa shape index (κ2) is 4.61. The van der Waals surface area contributed by atoms with E-state index >= 15 is 0 Å². The zero-order valence-corrected chi connectivity index (χ0v) is 10.5. The number of nitrogens with zero attached hydrogens (tertiary/aromatic N) is 1. The lowest BCUT2D eigenvalue weighted by molar-refractivity contribution is 0.0660. The van der Waals surface area contributed by atoms with Crippen molar-refractivity contribution in [2.75, 3.05) is 5.32 Å². The van der Waals surface area contributed by atoms with Crippen molar-refractivity contribution in [3.8, 4) is 0 Å². The van der Waals surface area contributed by atoms with Crippen LogP contribution >= 0.6 is 11.3 Å². The third kappa shape index (κ3) is 2.40. The lowest BCUT2D eigenvalue weighted by atomic mass is 10.4. The van der Waals surface area contributed by atoms with Gasteiger partial charge >= 0.3 is 5.97 Å². The minimum atomic E-state index is -1.21. The first-order valence-electron chi connectivity index (χ1n) is 5.06. The average molecular weight is 266 g/mol. The highest BCUT2D eigenvalue weighted by Crippen LogP contribution is 2.22. The zero-order chi connectivity index (χ0) is 13.3. The van der Waals surface area contributed by atoms with Crippen molar-refractivity contribution in [1.29, 1.82) is 0 Å². The van der Waals surface area contributed by atoms with Crippen molar-refractivity contribution in [3.05, 3.63) is 34.2 Å². The number of hydrogen-bond donors (Lipinski definition) is 2. The summed E-state index contributed by atoms with van der Waals surface area (Å²) in [5.41, 5.74) is 0.848. The Morgan fingerprint density at radius 3 is 2.50 bits per heavy atom. The summed E-state index contributed by atoms with van der Waals surface area (Å²) in [6.45, 7) is 3.75. The highest BCUT2D eigenvalue weighted by atomic mass is 32.1. The normalized spacial score (nSPS) is 10.3. The smallest absolute Gasteiger partial charge is 0.371 e. The maximum absolute atomic E-state index is 11.7. The minimum absolute atomic E-state index is 0.0575. The summed E-state index contributed by atoms with van der Waals surface area (Å²) in [7, 11) is 0. The lowest BCUT2D eigenvalue weighted by Crippen LogP contribution is -2.10. The first-order chi connectivity index (χ1) is 8.47. The highest BCUT2D eigenvalue weighted by Gasteiger charge is 2.16. The number of nitrogens with one attached hydrogen (secondary N) is 1. The molecular formula is C11H10N2O4S. The molecule has 0 aliphatic heterocycles. The van der Waals surface area contributed by atoms with Crippen LogP contribution in [0.15, 0.2) is 16.5 Å². The molecule has 0 aliphatic carbocycles. The van der Waals surface area contributed by atoms with Gasteiger partial charge in [0.05, 0.1) is 5.69 Å². The van der Waals surface area contributed by atoms with Gasteiger partial charge in [-0.2, -0.15) is 0 Å². The molecule has 0 fully saturated rings. The van der Waals surface area contributed by atoms with Crippen molar-refractivity contribution in [1.82, 2.24) is 4.98 Å². The number of rotatable bonds is 3. The zero-order valence-electron chi connectivity index (χ0n) is 9.68. The van der Waals surface area contributed by atoms with Crippen LogP contribution in [-0.2, 0) is 0 Å². The summed E-state index contributed by atoms with van der Waals surface area (Å²) < 4.78 is 4.88. The third-order valence-corrected chi connectivity index (χ3v) is 3.28. The molecule has 0 spiro atoms. The standard InChI is InChI=1S/C11H10N2O4S/c1-5-6(2)18-11(12-5)13-9(14)7-3-4-8(17-7)10(15)16/h3-4H,1-2H3,(H,15,16)(H,12,13,14). The van der Waals surface area contributed by atoms with Crippen molar-refractivity contribution in [2.45, 2.75) is 13.8 Å². The highest BCUT2D eigenvalue weighted by molar-refractivity contribution is 7.15. The molecule has 0 radical (unpaired) electrons. The van der Waals surface area contributed by atoms with Crippen molar-refractivity contribution in [3.63, 3.8) is 0 Å². The molecule has 2 aromatic heterocycles. The van der Waals surface area contributed by atoms with Gasteiger partial charge in [0.15, 0.2) is 10.9 Å². The number of anilines is 1. The summed E-state index contributed by atoms with van der Waals surface area (Å²) in [6.07, 6.45) is 0. The molecule has 2 aromatic rings. The molecule has 0 unspecified atom stereocenters. The largest absolute Gasteiger partial charge is 0.475 e. The lowest BCUT2D eigenvalue weighted by Gasteiger charge is -1.97. The molecule has 0 saturated heterocycles. The molecule has 94 valence electrons. The number of amides is 1. The van der Waals surface area contributed by atoms with Gasteiger partial charge in [0.25, 0.3) is 5.91 Å². The Morgan fingerprint density at radius 1 is 1.33 bits per heavy atom. The number of carboxylic acid groups (broad SMARTS) is 1. The first kappa shape index (κ1) is 12.3. The molecule has 2 N–H and O–H groups in total. The molecule has 0 bridgehead atoms. The minimum Gasteiger partial charge on any atom is -0.475 e. The quantitative estimate of drug-likeness (QED) is 0.889. The van der Waals surface area contributed by atoms with E-state index in [-0.39, 0.29) is 11.5 Å². The second-order valence-electron chi connectivity index (χ2n) is 3.58. The average Bonchev–Trinajstić information content (AvgIpc) is 2.87. The van der Waals surface area contributed by atoms with Crippen LogP contribution in [0.4, 0.5) is 5.13 Å². The Balaban J connectivity index is 2.14. The van der Waals surface area contributed by atoms with E-state index in [4.69, 9.17) is 9.52 Å². The maximum atomic E-state index is 11.7. The number of hydrogen-bond acceptors (Lipinski definition) is 5. The Kier molecular flexibility index (Phi) is 3.15. The van der Waals surface area contributed by atoms with Crippen LogP contribution in [0.5, 0.6) is 0 Å². The molecule has 1 amide bonds. The van der Waals surface area contributed by atoms with Crippen LogP contribution < -0.4 is 5.32 Å². The summed E-state index contributed by atoms with van der Waals surface area (Å²) >= 11 is 1.35. The number of aryl methyl sites for hydroxylation is 2. The number of furan rings is 1. The van der Waals surface area contributed by atoms with Gasteiger partial charge in [-0.3, -0.25) is 10.1 Å². The van der Waals surface area contributed by atoms with Crippen molar-refractivity contribution in [2.24, 2.45) is 0 Å². The maximum Gasteiger partial charge on any atom is 0.371 e. The Hall–Kier alpha value is -2.15. The van der Waals surface area contributed by atoms with Gasteiger partial charge in [-0.05, 0) is 26.0 Å². The van der Waals surface area contributed by atoms with Gasteiger partial charge < -0.3 is 9.52 Å². The van der Waals surface area contributed by atoms with Crippen LogP contribution in [0.1, 0.15) is 31.7 Å². The van der Waals surface area contributed by atoms with E-state index in [1.165, 1.54) is 23.5 Å². The second-order valence-corrected chi connectivity index (χ2v) is 4.79. The van der Waals surface area contributed by atoms with Crippen molar-refractivity contribution < 1.29 is 19.1 Å². The van der Waals surface area contributed by atoms with E-state index in [1.807, 2.05) is 13.8 Å². The number of aromatic nitrogens is 1. The fraction of sp³-hybridized carbons (Fsp3) is 0.182. The summed E-state index contributed by atoms with van der Waals surface area (Å²) in [4.78, 5) is 27.5. The third-order valence-electron chi connectivity index (χ3n) is 2.29. The van der Waals surface area contributed by atoms with E-state index in [1.54, 1.807) is 0 Å². The van der Waals surface area contributed by atoms with Gasteiger partial charge in [-0.1, -0.05) is 0 Å². The molecule has 2 rings (SSSR count). The molecule has 7 heteroatoms. The van der Waals surface area contributed by atoms with E-state index in [2.05, 4.69) is 10.3 Å². The molecule has 2 heterocycles. The number of carbonyl (C=O) groups excluding carboxylic acids is 1. The van der Waals surface area contributed by atoms with E-state index < -0.39 is 11.9 Å². The van der Waals surface area contributed by atoms with Gasteiger partial charge in [0.2, 0.25) is 5.76 Å².